The molecule has 0 amide bonds. The van der Waals surface area contributed by atoms with Gasteiger partial charge in [-0.05, 0) is 33.4 Å². The zero-order chi connectivity index (χ0) is 7.56. The minimum atomic E-state index is -0.372. The highest BCUT2D eigenvalue weighted by atomic mass is 16.3. The van der Waals surface area contributed by atoms with Gasteiger partial charge < -0.3 is 4.90 Å². The monoisotopic (exact) mass is 142 g/mol. The van der Waals surface area contributed by atoms with Gasteiger partial charge in [-0.1, -0.05) is 0 Å². The average Bonchev–Trinajstić information content (AvgIpc) is 1.88. The smallest absolute Gasteiger partial charge is 0.0942 e. The summed E-state index contributed by atoms with van der Waals surface area (Å²) in [7, 11) is 2.09. The second kappa shape index (κ2) is 3.35. The van der Waals surface area contributed by atoms with Gasteiger partial charge in [0.2, 0.25) is 0 Å². The zero-order valence-electron chi connectivity index (χ0n) is 6.84. The predicted molar refractivity (Wildman–Crippen MR) is 40.4 cm³/mol. The van der Waals surface area contributed by atoms with Crippen molar-refractivity contribution in [2.45, 2.75) is 25.9 Å². The first kappa shape index (κ1) is 8.02. The van der Waals surface area contributed by atoms with Gasteiger partial charge in [0.1, 0.15) is 0 Å². The molecule has 0 aromatic carbocycles. The van der Waals surface area contributed by atoms with Gasteiger partial charge in [-0.2, -0.15) is 0 Å². The third kappa shape index (κ3) is 1.96. The lowest BCUT2D eigenvalue weighted by molar-refractivity contribution is 0.0202. The molecule has 2 unspecified atom stereocenters. The lowest BCUT2D eigenvalue weighted by atomic mass is 9.94. The molecular formula is C8H16NO. The first-order chi connectivity index (χ1) is 4.70. The lowest BCUT2D eigenvalue weighted by Gasteiger charge is -2.30. The average molecular weight is 142 g/mol. The summed E-state index contributed by atoms with van der Waals surface area (Å²) >= 11 is 0. The van der Waals surface area contributed by atoms with Crippen molar-refractivity contribution in [1.29, 1.82) is 0 Å². The summed E-state index contributed by atoms with van der Waals surface area (Å²) in [6.07, 6.45) is 1.96. The molecule has 1 saturated heterocycles. The number of hydrogen-bond acceptors (Lipinski definition) is 1. The topological polar surface area (TPSA) is 23.1 Å². The van der Waals surface area contributed by atoms with Crippen LogP contribution in [-0.2, 0) is 5.11 Å². The van der Waals surface area contributed by atoms with Crippen LogP contribution >= 0.6 is 0 Å². The SMILES string of the molecule is CC([O])C1CCCN(C)C1. The van der Waals surface area contributed by atoms with E-state index in [1.54, 1.807) is 6.92 Å². The largest absolute Gasteiger partial charge is 0.306 e. The number of piperidine rings is 1. The molecule has 2 heteroatoms. The van der Waals surface area contributed by atoms with E-state index in [1.165, 1.54) is 13.0 Å². The maximum atomic E-state index is 11.0. The van der Waals surface area contributed by atoms with E-state index in [9.17, 15) is 5.11 Å². The van der Waals surface area contributed by atoms with E-state index in [-0.39, 0.29) is 6.10 Å². The van der Waals surface area contributed by atoms with E-state index in [0.29, 0.717) is 5.92 Å². The summed E-state index contributed by atoms with van der Waals surface area (Å²) in [5.41, 5.74) is 0. The molecule has 2 atom stereocenters. The normalized spacial score (nSPS) is 32.1. The lowest BCUT2D eigenvalue weighted by Crippen LogP contribution is -2.36. The van der Waals surface area contributed by atoms with Gasteiger partial charge in [-0.3, -0.25) is 0 Å². The Morgan fingerprint density at radius 3 is 2.70 bits per heavy atom. The Labute approximate surface area is 62.8 Å². The summed E-state index contributed by atoms with van der Waals surface area (Å²) in [4.78, 5) is 2.25. The van der Waals surface area contributed by atoms with E-state index in [2.05, 4.69) is 11.9 Å². The molecule has 0 aromatic rings. The van der Waals surface area contributed by atoms with Crippen molar-refractivity contribution in [3.05, 3.63) is 0 Å². The van der Waals surface area contributed by atoms with Crippen molar-refractivity contribution in [3.63, 3.8) is 0 Å². The fourth-order valence-corrected chi connectivity index (χ4v) is 1.59. The Balaban J connectivity index is 2.32. The van der Waals surface area contributed by atoms with Crippen LogP contribution < -0.4 is 0 Å². The summed E-state index contributed by atoms with van der Waals surface area (Å²) in [6.45, 7) is 3.96. The second-order valence-corrected chi connectivity index (χ2v) is 3.37. The van der Waals surface area contributed by atoms with Gasteiger partial charge in [-0.15, -0.1) is 0 Å². The zero-order valence-corrected chi connectivity index (χ0v) is 6.84. The van der Waals surface area contributed by atoms with Crippen molar-refractivity contribution < 1.29 is 5.11 Å². The third-order valence-electron chi connectivity index (χ3n) is 2.32. The summed E-state index contributed by atoms with van der Waals surface area (Å²) < 4.78 is 0. The summed E-state index contributed by atoms with van der Waals surface area (Å²) in [5.74, 6) is 0.402. The van der Waals surface area contributed by atoms with Gasteiger partial charge in [0.05, 0.1) is 6.10 Å². The highest BCUT2D eigenvalue weighted by molar-refractivity contribution is 4.73. The van der Waals surface area contributed by atoms with Crippen LogP contribution in [0.1, 0.15) is 19.8 Å². The van der Waals surface area contributed by atoms with Gasteiger partial charge in [0.25, 0.3) is 0 Å². The first-order valence-corrected chi connectivity index (χ1v) is 4.04. The Hall–Kier alpha value is -0.0800. The molecule has 2 nitrogen and oxygen atoms in total. The molecule has 59 valence electrons. The van der Waals surface area contributed by atoms with Crippen LogP contribution in [0.25, 0.3) is 0 Å². The molecule has 0 aliphatic carbocycles. The Bertz CT molecular complexity index is 103. The highest BCUT2D eigenvalue weighted by Crippen LogP contribution is 2.18. The minimum Gasteiger partial charge on any atom is -0.306 e. The van der Waals surface area contributed by atoms with Crippen molar-refractivity contribution in [2.24, 2.45) is 5.92 Å². The molecular weight excluding hydrogens is 126 g/mol. The number of nitrogens with zero attached hydrogens (tertiary/aromatic N) is 1. The number of hydrogen-bond donors (Lipinski definition) is 0. The molecule has 0 bridgehead atoms. The van der Waals surface area contributed by atoms with E-state index in [1.807, 2.05) is 0 Å². The summed E-state index contributed by atoms with van der Waals surface area (Å²) in [5, 5.41) is 11.0. The molecule has 0 saturated carbocycles. The molecule has 0 spiro atoms. The molecule has 0 N–H and O–H groups in total. The van der Waals surface area contributed by atoms with Gasteiger partial charge in [0, 0.05) is 12.5 Å². The molecule has 1 aliphatic rings. The quantitative estimate of drug-likeness (QED) is 0.538. The van der Waals surface area contributed by atoms with Crippen LogP contribution in [0.2, 0.25) is 0 Å². The molecule has 10 heavy (non-hydrogen) atoms. The van der Waals surface area contributed by atoms with Crippen molar-refractivity contribution >= 4 is 0 Å². The maximum Gasteiger partial charge on any atom is 0.0942 e. The van der Waals surface area contributed by atoms with Crippen LogP contribution in [0.3, 0.4) is 0 Å². The van der Waals surface area contributed by atoms with Crippen LogP contribution in [-0.4, -0.2) is 31.1 Å². The third-order valence-corrected chi connectivity index (χ3v) is 2.32. The van der Waals surface area contributed by atoms with Crippen LogP contribution in [0.4, 0.5) is 0 Å². The molecule has 1 radical (unpaired) electrons. The molecule has 1 rings (SSSR count). The Morgan fingerprint density at radius 2 is 2.30 bits per heavy atom. The van der Waals surface area contributed by atoms with E-state index in [0.717, 1.165) is 13.0 Å². The Morgan fingerprint density at radius 1 is 1.60 bits per heavy atom. The minimum absolute atomic E-state index is 0.372. The van der Waals surface area contributed by atoms with Crippen LogP contribution in [0, 0.1) is 5.92 Å². The van der Waals surface area contributed by atoms with E-state index >= 15 is 0 Å². The van der Waals surface area contributed by atoms with Crippen molar-refractivity contribution in [3.8, 4) is 0 Å². The predicted octanol–water partition coefficient (Wildman–Crippen LogP) is 1.15. The molecule has 1 heterocycles. The van der Waals surface area contributed by atoms with Crippen molar-refractivity contribution in [1.82, 2.24) is 4.90 Å². The second-order valence-electron chi connectivity index (χ2n) is 3.37. The van der Waals surface area contributed by atoms with Crippen molar-refractivity contribution in [2.75, 3.05) is 20.1 Å². The fourth-order valence-electron chi connectivity index (χ4n) is 1.59. The number of rotatable bonds is 1. The van der Waals surface area contributed by atoms with E-state index in [4.69, 9.17) is 0 Å². The standard InChI is InChI=1S/C8H16NO/c1-7(10)8-4-3-5-9(2)6-8/h7-8H,3-6H2,1-2H3. The van der Waals surface area contributed by atoms with Crippen LogP contribution in [0.5, 0.6) is 0 Å². The first-order valence-electron chi connectivity index (χ1n) is 4.04. The summed E-state index contributed by atoms with van der Waals surface area (Å²) in [6, 6.07) is 0. The molecule has 0 aromatic heterocycles. The number of likely N-dealkylation sites (tertiary alicyclic amines) is 1. The molecule has 1 aliphatic heterocycles. The maximum absolute atomic E-state index is 11.0. The van der Waals surface area contributed by atoms with Gasteiger partial charge >= 0.3 is 0 Å². The Kier molecular flexibility index (Phi) is 2.69. The van der Waals surface area contributed by atoms with Crippen LogP contribution in [0.15, 0.2) is 0 Å². The van der Waals surface area contributed by atoms with E-state index < -0.39 is 0 Å². The van der Waals surface area contributed by atoms with Gasteiger partial charge in [0.15, 0.2) is 0 Å². The highest BCUT2D eigenvalue weighted by Gasteiger charge is 2.21. The molecule has 1 fully saturated rings. The van der Waals surface area contributed by atoms with Gasteiger partial charge in [-0.25, -0.2) is 5.11 Å². The fraction of sp³-hybridized carbons (Fsp3) is 1.00.